The molecule has 0 aromatic heterocycles. The van der Waals surface area contributed by atoms with Crippen LogP contribution in [0.1, 0.15) is 18.4 Å². The SMILES string of the molecule is COc1ccc(CN2CC[C@H]3C=CC[C@@H](C(=O)O)[C@H]3C2=O)cc1OC. The summed E-state index contributed by atoms with van der Waals surface area (Å²) in [4.78, 5) is 26.2. The summed E-state index contributed by atoms with van der Waals surface area (Å²) >= 11 is 0. The van der Waals surface area contributed by atoms with Crippen LogP contribution in [0.4, 0.5) is 0 Å². The van der Waals surface area contributed by atoms with Crippen molar-refractivity contribution < 1.29 is 24.2 Å². The van der Waals surface area contributed by atoms with Crippen LogP contribution in [0.3, 0.4) is 0 Å². The summed E-state index contributed by atoms with van der Waals surface area (Å²) in [6.07, 6.45) is 5.13. The summed E-state index contributed by atoms with van der Waals surface area (Å²) in [5, 5.41) is 9.46. The van der Waals surface area contributed by atoms with Crippen molar-refractivity contribution >= 4 is 11.9 Å². The molecule has 25 heavy (non-hydrogen) atoms. The van der Waals surface area contributed by atoms with Gasteiger partial charge in [0.25, 0.3) is 0 Å². The van der Waals surface area contributed by atoms with Crippen molar-refractivity contribution in [2.45, 2.75) is 19.4 Å². The van der Waals surface area contributed by atoms with E-state index in [1.54, 1.807) is 19.1 Å². The Morgan fingerprint density at radius 3 is 2.72 bits per heavy atom. The third-order valence-electron chi connectivity index (χ3n) is 5.14. The van der Waals surface area contributed by atoms with Crippen LogP contribution in [0, 0.1) is 17.8 Å². The maximum atomic E-state index is 12.9. The number of likely N-dealkylation sites (tertiary alicyclic amines) is 1. The first-order valence-corrected chi connectivity index (χ1v) is 8.44. The van der Waals surface area contributed by atoms with Crippen molar-refractivity contribution in [3.8, 4) is 11.5 Å². The first kappa shape index (κ1) is 17.3. The van der Waals surface area contributed by atoms with Gasteiger partial charge in [-0.05, 0) is 36.5 Å². The number of carbonyl (C=O) groups excluding carboxylic acids is 1. The topological polar surface area (TPSA) is 76.1 Å². The molecule has 0 bridgehead atoms. The highest BCUT2D eigenvalue weighted by Crippen LogP contribution is 2.38. The predicted molar refractivity (Wildman–Crippen MR) is 91.4 cm³/mol. The zero-order valence-electron chi connectivity index (χ0n) is 14.5. The third kappa shape index (κ3) is 3.34. The van der Waals surface area contributed by atoms with Crippen LogP contribution >= 0.6 is 0 Å². The Balaban J connectivity index is 1.79. The molecule has 1 N–H and O–H groups in total. The number of fused-ring (bicyclic) bond motifs is 1. The molecule has 1 aliphatic carbocycles. The van der Waals surface area contributed by atoms with E-state index in [1.807, 2.05) is 30.4 Å². The Morgan fingerprint density at radius 2 is 2.04 bits per heavy atom. The highest BCUT2D eigenvalue weighted by Gasteiger charge is 2.44. The molecule has 6 heteroatoms. The van der Waals surface area contributed by atoms with Gasteiger partial charge in [0.15, 0.2) is 11.5 Å². The summed E-state index contributed by atoms with van der Waals surface area (Å²) in [5.74, 6) is -0.759. The zero-order chi connectivity index (χ0) is 18.0. The minimum atomic E-state index is -0.888. The van der Waals surface area contributed by atoms with Crippen molar-refractivity contribution in [1.82, 2.24) is 4.90 Å². The van der Waals surface area contributed by atoms with E-state index in [-0.39, 0.29) is 11.8 Å². The van der Waals surface area contributed by atoms with Crippen molar-refractivity contribution in [2.75, 3.05) is 20.8 Å². The average molecular weight is 345 g/mol. The van der Waals surface area contributed by atoms with Crippen LogP contribution < -0.4 is 9.47 Å². The minimum Gasteiger partial charge on any atom is -0.493 e. The largest absolute Gasteiger partial charge is 0.493 e. The fourth-order valence-corrected chi connectivity index (χ4v) is 3.83. The van der Waals surface area contributed by atoms with Crippen molar-refractivity contribution in [2.24, 2.45) is 17.8 Å². The Labute approximate surface area is 147 Å². The molecule has 1 aromatic rings. The quantitative estimate of drug-likeness (QED) is 0.829. The molecule has 3 atom stereocenters. The highest BCUT2D eigenvalue weighted by molar-refractivity contribution is 5.86. The van der Waals surface area contributed by atoms with Gasteiger partial charge in [0.05, 0.1) is 26.1 Å². The maximum absolute atomic E-state index is 12.9. The predicted octanol–water partition coefficient (Wildman–Crippen LogP) is 2.33. The van der Waals surface area contributed by atoms with Crippen LogP contribution in [-0.4, -0.2) is 42.6 Å². The number of hydrogen-bond acceptors (Lipinski definition) is 4. The molecule has 0 radical (unpaired) electrons. The van der Waals surface area contributed by atoms with E-state index in [2.05, 4.69) is 0 Å². The van der Waals surface area contributed by atoms with Crippen molar-refractivity contribution in [3.05, 3.63) is 35.9 Å². The number of methoxy groups -OCH3 is 2. The number of allylic oxidation sites excluding steroid dienone is 2. The molecule has 1 amide bonds. The van der Waals surface area contributed by atoms with E-state index in [0.717, 1.165) is 12.0 Å². The second kappa shape index (κ2) is 7.17. The number of ether oxygens (including phenoxy) is 2. The van der Waals surface area contributed by atoms with Gasteiger partial charge < -0.3 is 19.5 Å². The number of piperidine rings is 1. The van der Waals surface area contributed by atoms with Crippen LogP contribution in [0.2, 0.25) is 0 Å². The van der Waals surface area contributed by atoms with Gasteiger partial charge >= 0.3 is 5.97 Å². The van der Waals surface area contributed by atoms with Gasteiger partial charge in [-0.15, -0.1) is 0 Å². The second-order valence-electron chi connectivity index (χ2n) is 6.54. The highest BCUT2D eigenvalue weighted by atomic mass is 16.5. The summed E-state index contributed by atoms with van der Waals surface area (Å²) in [6, 6.07) is 5.57. The Kier molecular flexibility index (Phi) is 4.97. The lowest BCUT2D eigenvalue weighted by Gasteiger charge is -2.41. The number of benzene rings is 1. The number of nitrogens with zero attached hydrogens (tertiary/aromatic N) is 1. The number of carbonyl (C=O) groups is 2. The summed E-state index contributed by atoms with van der Waals surface area (Å²) < 4.78 is 10.5. The molecule has 3 rings (SSSR count). The van der Waals surface area contributed by atoms with E-state index in [4.69, 9.17) is 9.47 Å². The lowest BCUT2D eigenvalue weighted by molar-refractivity contribution is -0.155. The first-order valence-electron chi connectivity index (χ1n) is 8.44. The molecule has 0 spiro atoms. The van der Waals surface area contributed by atoms with E-state index >= 15 is 0 Å². The molecular formula is C19H23NO5. The first-order chi connectivity index (χ1) is 12.0. The van der Waals surface area contributed by atoms with Gasteiger partial charge in [-0.25, -0.2) is 0 Å². The van der Waals surface area contributed by atoms with Gasteiger partial charge in [0.2, 0.25) is 5.91 Å². The summed E-state index contributed by atoms with van der Waals surface area (Å²) in [7, 11) is 3.15. The molecule has 6 nitrogen and oxygen atoms in total. The summed E-state index contributed by atoms with van der Waals surface area (Å²) in [6.45, 7) is 1.07. The molecule has 134 valence electrons. The lowest BCUT2D eigenvalue weighted by Crippen LogP contribution is -2.49. The summed E-state index contributed by atoms with van der Waals surface area (Å²) in [5.41, 5.74) is 0.933. The number of hydrogen-bond donors (Lipinski definition) is 1. The zero-order valence-corrected chi connectivity index (χ0v) is 14.5. The van der Waals surface area contributed by atoms with Gasteiger partial charge in [-0.1, -0.05) is 18.2 Å². The fourth-order valence-electron chi connectivity index (χ4n) is 3.83. The molecule has 1 heterocycles. The molecule has 1 saturated heterocycles. The average Bonchev–Trinajstić information content (AvgIpc) is 2.63. The van der Waals surface area contributed by atoms with E-state index in [0.29, 0.717) is 31.0 Å². The molecule has 1 fully saturated rings. The molecule has 1 aromatic carbocycles. The minimum absolute atomic E-state index is 0.0315. The molecular weight excluding hydrogens is 322 g/mol. The number of carboxylic acid groups (broad SMARTS) is 1. The normalized spacial score (nSPS) is 25.4. The van der Waals surface area contributed by atoms with Gasteiger partial charge in [0, 0.05) is 13.1 Å². The standard InChI is InChI=1S/C19H23NO5/c1-24-15-7-6-12(10-16(15)25-2)11-20-9-8-13-4-3-5-14(19(22)23)17(13)18(20)21/h3-4,6-7,10,13-14,17H,5,8-9,11H2,1-2H3,(H,22,23)/t13-,14-,17+/m1/s1. The Hall–Kier alpha value is -2.50. The Bertz CT molecular complexity index is 699. The molecule has 0 unspecified atom stereocenters. The van der Waals surface area contributed by atoms with E-state index in [9.17, 15) is 14.7 Å². The van der Waals surface area contributed by atoms with Crippen molar-refractivity contribution in [3.63, 3.8) is 0 Å². The lowest BCUT2D eigenvalue weighted by atomic mass is 9.71. The van der Waals surface area contributed by atoms with Gasteiger partial charge in [0.1, 0.15) is 0 Å². The number of rotatable bonds is 5. The van der Waals surface area contributed by atoms with Crippen LogP contribution in [0.15, 0.2) is 30.4 Å². The third-order valence-corrected chi connectivity index (χ3v) is 5.14. The van der Waals surface area contributed by atoms with Crippen LogP contribution in [0.5, 0.6) is 11.5 Å². The van der Waals surface area contributed by atoms with Crippen molar-refractivity contribution in [1.29, 1.82) is 0 Å². The molecule has 0 saturated carbocycles. The number of amides is 1. The number of carboxylic acids is 1. The molecule has 2 aliphatic rings. The van der Waals surface area contributed by atoms with Crippen LogP contribution in [-0.2, 0) is 16.1 Å². The van der Waals surface area contributed by atoms with E-state index in [1.165, 1.54) is 0 Å². The van der Waals surface area contributed by atoms with Crippen LogP contribution in [0.25, 0.3) is 0 Å². The van der Waals surface area contributed by atoms with Gasteiger partial charge in [-0.2, -0.15) is 0 Å². The smallest absolute Gasteiger partial charge is 0.307 e. The fraction of sp³-hybridized carbons (Fsp3) is 0.474. The maximum Gasteiger partial charge on any atom is 0.307 e. The van der Waals surface area contributed by atoms with Gasteiger partial charge in [-0.3, -0.25) is 9.59 Å². The molecule has 1 aliphatic heterocycles. The second-order valence-corrected chi connectivity index (χ2v) is 6.54. The van der Waals surface area contributed by atoms with E-state index < -0.39 is 17.8 Å². The Morgan fingerprint density at radius 1 is 1.28 bits per heavy atom. The number of aliphatic carboxylic acids is 1. The monoisotopic (exact) mass is 345 g/mol.